The number of benzene rings is 1. The summed E-state index contributed by atoms with van der Waals surface area (Å²) in [5, 5.41) is 11.1. The van der Waals surface area contributed by atoms with Gasteiger partial charge in [-0.3, -0.25) is 14.8 Å². The van der Waals surface area contributed by atoms with Gasteiger partial charge in [0.15, 0.2) is 5.69 Å². The lowest BCUT2D eigenvalue weighted by molar-refractivity contribution is -0.0670. The molecule has 2 aliphatic rings. The van der Waals surface area contributed by atoms with Gasteiger partial charge in [-0.25, -0.2) is 0 Å². The molecule has 6 heteroatoms. The molecule has 2 bridgehead atoms. The van der Waals surface area contributed by atoms with Crippen LogP contribution in [-0.4, -0.2) is 59.4 Å². The van der Waals surface area contributed by atoms with E-state index in [1.54, 1.807) is 0 Å². The number of hydrogen-bond donors (Lipinski definition) is 2. The van der Waals surface area contributed by atoms with Crippen LogP contribution in [0, 0.1) is 0 Å². The number of hydrogen-bond acceptors (Lipinski definition) is 4. The van der Waals surface area contributed by atoms with Gasteiger partial charge in [-0.2, -0.15) is 5.10 Å². The van der Waals surface area contributed by atoms with E-state index in [-0.39, 0.29) is 11.9 Å². The molecular weight excluding hydrogens is 280 g/mol. The Kier molecular flexibility index (Phi) is 3.35. The molecule has 4 rings (SSSR count). The van der Waals surface area contributed by atoms with Crippen molar-refractivity contribution in [2.45, 2.75) is 31.0 Å². The minimum atomic E-state index is -0.0917. The van der Waals surface area contributed by atoms with Gasteiger partial charge in [0.1, 0.15) is 0 Å². The summed E-state index contributed by atoms with van der Waals surface area (Å²) >= 11 is 0. The fourth-order valence-corrected chi connectivity index (χ4v) is 3.60. The van der Waals surface area contributed by atoms with Crippen LogP contribution < -0.4 is 5.32 Å². The number of morpholine rings is 1. The van der Waals surface area contributed by atoms with Crippen LogP contribution in [0.1, 0.15) is 23.3 Å². The van der Waals surface area contributed by atoms with Gasteiger partial charge in [-0.05, 0) is 26.0 Å². The number of piperidine rings is 1. The van der Waals surface area contributed by atoms with Crippen LogP contribution in [0.5, 0.6) is 0 Å². The molecule has 116 valence electrons. The first kappa shape index (κ1) is 13.7. The molecule has 2 aromatic rings. The van der Waals surface area contributed by atoms with E-state index >= 15 is 0 Å². The third kappa shape index (κ3) is 2.28. The monoisotopic (exact) mass is 300 g/mol. The van der Waals surface area contributed by atoms with E-state index in [1.807, 2.05) is 24.3 Å². The molecule has 2 fully saturated rings. The van der Waals surface area contributed by atoms with E-state index in [9.17, 15) is 4.79 Å². The zero-order valence-corrected chi connectivity index (χ0v) is 12.6. The Balaban J connectivity index is 1.50. The standard InChI is InChI=1S/C16H20N4O2/c1-20-11-6-10(7-12(20)9-22-8-11)17-16(21)15-13-4-2-3-5-14(13)18-19-15/h2-5,10-12H,6-9H2,1H3,(H,17,21)(H,18,19). The second-order valence-electron chi connectivity index (χ2n) is 6.27. The van der Waals surface area contributed by atoms with Crippen LogP contribution in [0.2, 0.25) is 0 Å². The van der Waals surface area contributed by atoms with Crippen molar-refractivity contribution in [3.8, 4) is 0 Å². The van der Waals surface area contributed by atoms with Gasteiger partial charge in [0.2, 0.25) is 0 Å². The fourth-order valence-electron chi connectivity index (χ4n) is 3.60. The first-order valence-electron chi connectivity index (χ1n) is 7.76. The number of aromatic amines is 1. The Morgan fingerprint density at radius 3 is 2.82 bits per heavy atom. The van der Waals surface area contributed by atoms with Crippen molar-refractivity contribution in [3.63, 3.8) is 0 Å². The maximum atomic E-state index is 12.6. The summed E-state index contributed by atoms with van der Waals surface area (Å²) in [6.07, 6.45) is 1.86. The second-order valence-corrected chi connectivity index (χ2v) is 6.27. The second kappa shape index (κ2) is 5.37. The molecule has 22 heavy (non-hydrogen) atoms. The van der Waals surface area contributed by atoms with Crippen molar-refractivity contribution < 1.29 is 9.53 Å². The SMILES string of the molecule is CN1C2COCC1CC(NC(=O)c1n[nH]c3ccccc13)C2. The van der Waals surface area contributed by atoms with Crippen LogP contribution >= 0.6 is 0 Å². The number of nitrogens with one attached hydrogen (secondary N) is 2. The van der Waals surface area contributed by atoms with Gasteiger partial charge in [0.05, 0.1) is 18.7 Å². The minimum absolute atomic E-state index is 0.0917. The van der Waals surface area contributed by atoms with E-state index in [1.165, 1.54) is 0 Å². The highest BCUT2D eigenvalue weighted by atomic mass is 16.5. The molecule has 0 saturated carbocycles. The van der Waals surface area contributed by atoms with E-state index in [0.717, 1.165) is 37.0 Å². The number of carbonyl (C=O) groups is 1. The lowest BCUT2D eigenvalue weighted by atomic mass is 9.90. The molecule has 2 saturated heterocycles. The molecule has 3 heterocycles. The molecule has 0 spiro atoms. The number of fused-ring (bicyclic) bond motifs is 3. The smallest absolute Gasteiger partial charge is 0.272 e. The van der Waals surface area contributed by atoms with Crippen molar-refractivity contribution in [1.82, 2.24) is 20.4 Å². The van der Waals surface area contributed by atoms with Crippen molar-refractivity contribution in [1.29, 1.82) is 0 Å². The zero-order chi connectivity index (χ0) is 15.1. The summed E-state index contributed by atoms with van der Waals surface area (Å²) in [5.74, 6) is -0.0917. The van der Waals surface area contributed by atoms with Crippen LogP contribution in [0.3, 0.4) is 0 Å². The zero-order valence-electron chi connectivity index (χ0n) is 12.6. The quantitative estimate of drug-likeness (QED) is 0.873. The first-order valence-corrected chi connectivity index (χ1v) is 7.76. The molecule has 1 aromatic carbocycles. The summed E-state index contributed by atoms with van der Waals surface area (Å²) in [4.78, 5) is 14.9. The maximum absolute atomic E-state index is 12.6. The minimum Gasteiger partial charge on any atom is -0.378 e. The molecule has 6 nitrogen and oxygen atoms in total. The fraction of sp³-hybridized carbons (Fsp3) is 0.500. The third-order valence-corrected chi connectivity index (χ3v) is 4.91. The van der Waals surface area contributed by atoms with Gasteiger partial charge >= 0.3 is 0 Å². The van der Waals surface area contributed by atoms with Crippen molar-refractivity contribution in [3.05, 3.63) is 30.0 Å². The molecule has 0 aliphatic carbocycles. The van der Waals surface area contributed by atoms with E-state index in [2.05, 4.69) is 27.5 Å². The Hall–Kier alpha value is -1.92. The third-order valence-electron chi connectivity index (χ3n) is 4.91. The maximum Gasteiger partial charge on any atom is 0.272 e. The number of rotatable bonds is 2. The van der Waals surface area contributed by atoms with Gasteiger partial charge in [0, 0.05) is 23.5 Å². The highest BCUT2D eigenvalue weighted by molar-refractivity contribution is 6.04. The molecule has 1 amide bonds. The van der Waals surface area contributed by atoms with E-state index in [0.29, 0.717) is 17.8 Å². The van der Waals surface area contributed by atoms with Crippen LogP contribution in [0.15, 0.2) is 24.3 Å². The number of H-pyrrole nitrogens is 1. The first-order chi connectivity index (χ1) is 10.7. The molecule has 2 N–H and O–H groups in total. The average molecular weight is 300 g/mol. The van der Waals surface area contributed by atoms with Gasteiger partial charge in [-0.1, -0.05) is 18.2 Å². The van der Waals surface area contributed by atoms with E-state index < -0.39 is 0 Å². The summed E-state index contributed by atoms with van der Waals surface area (Å²) in [7, 11) is 2.15. The average Bonchev–Trinajstić information content (AvgIpc) is 2.92. The van der Waals surface area contributed by atoms with Gasteiger partial charge in [0.25, 0.3) is 5.91 Å². The lowest BCUT2D eigenvalue weighted by Gasteiger charge is -2.46. The van der Waals surface area contributed by atoms with Crippen LogP contribution in [-0.2, 0) is 4.74 Å². The van der Waals surface area contributed by atoms with Crippen molar-refractivity contribution in [2.24, 2.45) is 0 Å². The molecule has 2 atom stereocenters. The summed E-state index contributed by atoms with van der Waals surface area (Å²) in [5.41, 5.74) is 1.37. The van der Waals surface area contributed by atoms with Gasteiger partial charge in [-0.15, -0.1) is 0 Å². The summed E-state index contributed by atoms with van der Waals surface area (Å²) < 4.78 is 5.62. The Labute approximate surface area is 128 Å². The number of ether oxygens (including phenoxy) is 1. The predicted molar refractivity (Wildman–Crippen MR) is 82.7 cm³/mol. The van der Waals surface area contributed by atoms with E-state index in [4.69, 9.17) is 4.74 Å². The number of nitrogens with zero attached hydrogens (tertiary/aromatic N) is 2. The Morgan fingerprint density at radius 2 is 2.05 bits per heavy atom. The van der Waals surface area contributed by atoms with Crippen molar-refractivity contribution in [2.75, 3.05) is 20.3 Å². The molecule has 1 aromatic heterocycles. The lowest BCUT2D eigenvalue weighted by Crippen LogP contribution is -2.59. The Morgan fingerprint density at radius 1 is 1.32 bits per heavy atom. The topological polar surface area (TPSA) is 70.2 Å². The number of amides is 1. The highest BCUT2D eigenvalue weighted by Crippen LogP contribution is 2.26. The van der Waals surface area contributed by atoms with Crippen molar-refractivity contribution >= 4 is 16.8 Å². The summed E-state index contributed by atoms with van der Waals surface area (Å²) in [6.45, 7) is 1.51. The van der Waals surface area contributed by atoms with Gasteiger partial charge < -0.3 is 10.1 Å². The molecule has 0 radical (unpaired) electrons. The predicted octanol–water partition coefficient (Wildman–Crippen LogP) is 1.15. The van der Waals surface area contributed by atoms with Crippen LogP contribution in [0.4, 0.5) is 0 Å². The largest absolute Gasteiger partial charge is 0.378 e. The number of carbonyl (C=O) groups excluding carboxylic acids is 1. The number of aromatic nitrogens is 2. The van der Waals surface area contributed by atoms with Crippen LogP contribution in [0.25, 0.3) is 10.9 Å². The highest BCUT2D eigenvalue weighted by Gasteiger charge is 2.37. The normalized spacial score (nSPS) is 28.7. The Bertz CT molecular complexity index is 684. The molecule has 2 unspecified atom stereocenters. The number of para-hydroxylation sites is 1. The molecule has 2 aliphatic heterocycles. The summed E-state index contributed by atoms with van der Waals surface area (Å²) in [6, 6.07) is 8.69. The molecular formula is C16H20N4O2. The number of likely N-dealkylation sites (N-methyl/N-ethyl adjacent to an activating group) is 1.